The Kier molecular flexibility index (Phi) is 5.07. The van der Waals surface area contributed by atoms with Crippen molar-refractivity contribution < 1.29 is 13.6 Å². The van der Waals surface area contributed by atoms with Gasteiger partial charge in [-0.25, -0.2) is 8.78 Å². The highest BCUT2D eigenvalue weighted by Gasteiger charge is 2.15. The summed E-state index contributed by atoms with van der Waals surface area (Å²) in [7, 11) is 0. The van der Waals surface area contributed by atoms with E-state index in [2.05, 4.69) is 15.5 Å². The molecule has 0 aliphatic heterocycles. The van der Waals surface area contributed by atoms with E-state index in [-0.39, 0.29) is 11.6 Å². The molecular weight excluding hydrogens is 338 g/mol. The lowest BCUT2D eigenvalue weighted by Gasteiger charge is -2.14. The summed E-state index contributed by atoms with van der Waals surface area (Å²) in [4.78, 5) is 10.9. The average molecular weight is 352 g/mol. The zero-order valence-corrected chi connectivity index (χ0v) is 13.8. The number of aromatic nitrogens is 4. The quantitative estimate of drug-likeness (QED) is 0.401. The van der Waals surface area contributed by atoms with E-state index in [1.165, 1.54) is 35.0 Å². The molecule has 0 unspecified atom stereocenters. The normalized spacial score (nSPS) is 10.9. The van der Waals surface area contributed by atoms with Crippen molar-refractivity contribution in [3.63, 3.8) is 0 Å². The molecule has 5 nitrogen and oxygen atoms in total. The highest BCUT2D eigenvalue weighted by atomic mass is 19.1. The average Bonchev–Trinajstić information content (AvgIpc) is 3.07. The van der Waals surface area contributed by atoms with Gasteiger partial charge in [0.05, 0.1) is 5.70 Å². The van der Waals surface area contributed by atoms with Gasteiger partial charge in [-0.2, -0.15) is 4.68 Å². The molecule has 0 radical (unpaired) electrons. The molecular formula is C19H14F2N4O. The number of rotatable bonds is 5. The highest BCUT2D eigenvalue weighted by molar-refractivity contribution is 5.97. The lowest BCUT2D eigenvalue weighted by molar-refractivity contribution is -0.104. The minimum atomic E-state index is -0.379. The van der Waals surface area contributed by atoms with Crippen molar-refractivity contribution in [1.82, 2.24) is 20.2 Å². The zero-order valence-electron chi connectivity index (χ0n) is 13.8. The van der Waals surface area contributed by atoms with Gasteiger partial charge in [0.25, 0.3) is 0 Å². The van der Waals surface area contributed by atoms with Crippen LogP contribution >= 0.6 is 0 Å². The third kappa shape index (κ3) is 3.61. The molecule has 0 saturated carbocycles. The van der Waals surface area contributed by atoms with Crippen LogP contribution in [0.15, 0.2) is 60.7 Å². The fraction of sp³-hybridized carbons (Fsp3) is 0.0526. The summed E-state index contributed by atoms with van der Waals surface area (Å²) in [6.07, 6.45) is 3.49. The minimum Gasteiger partial charge on any atom is -0.299 e. The van der Waals surface area contributed by atoms with Crippen molar-refractivity contribution in [2.24, 2.45) is 0 Å². The number of carbonyl (C=O) groups is 1. The van der Waals surface area contributed by atoms with Gasteiger partial charge in [0.1, 0.15) is 17.9 Å². The molecule has 0 spiro atoms. The maximum absolute atomic E-state index is 13.4. The van der Waals surface area contributed by atoms with Gasteiger partial charge in [-0.1, -0.05) is 24.3 Å². The molecule has 2 aromatic carbocycles. The van der Waals surface area contributed by atoms with Crippen LogP contribution in [0.5, 0.6) is 0 Å². The summed E-state index contributed by atoms with van der Waals surface area (Å²) in [5, 5.41) is 11.5. The van der Waals surface area contributed by atoms with E-state index in [1.54, 1.807) is 37.3 Å². The smallest absolute Gasteiger partial charge is 0.153 e. The Hall–Kier alpha value is -3.48. The molecule has 0 aliphatic carbocycles. The van der Waals surface area contributed by atoms with Crippen LogP contribution in [0.2, 0.25) is 0 Å². The number of nitrogens with zero attached hydrogens (tertiary/aromatic N) is 4. The van der Waals surface area contributed by atoms with Gasteiger partial charge in [-0.05, 0) is 64.9 Å². The van der Waals surface area contributed by atoms with Crippen LogP contribution < -0.4 is 0 Å². The van der Waals surface area contributed by atoms with Crippen molar-refractivity contribution in [3.8, 4) is 0 Å². The van der Waals surface area contributed by atoms with Crippen molar-refractivity contribution in [2.45, 2.75) is 6.92 Å². The second kappa shape index (κ2) is 7.60. The standard InChI is InChI=1S/C19H14F2N4O/c1-13-22-23-24-25(13)18(3-2-12-26)19(14-4-8-16(20)9-5-14)15-6-10-17(21)11-7-15/h2-12H,1H3/b3-2+. The number of aldehydes is 1. The first-order chi connectivity index (χ1) is 12.6. The Morgan fingerprint density at radius 3 is 1.92 bits per heavy atom. The van der Waals surface area contributed by atoms with Gasteiger partial charge in [-0.3, -0.25) is 4.79 Å². The SMILES string of the molecule is Cc1nnnn1C(/C=C/C=O)=C(c1ccc(F)cc1)c1ccc(F)cc1. The number of hydrogen-bond acceptors (Lipinski definition) is 4. The number of halogens is 2. The second-order valence-corrected chi connectivity index (χ2v) is 5.41. The maximum atomic E-state index is 13.4. The van der Waals surface area contributed by atoms with Crippen LogP contribution in [-0.2, 0) is 4.79 Å². The van der Waals surface area contributed by atoms with Gasteiger partial charge in [0, 0.05) is 5.57 Å². The lowest BCUT2D eigenvalue weighted by Crippen LogP contribution is -2.05. The van der Waals surface area contributed by atoms with Gasteiger partial charge in [-0.15, -0.1) is 5.10 Å². The van der Waals surface area contributed by atoms with E-state index in [0.717, 1.165) is 0 Å². The molecule has 0 aliphatic rings. The fourth-order valence-electron chi connectivity index (χ4n) is 2.54. The largest absolute Gasteiger partial charge is 0.299 e. The predicted molar refractivity (Wildman–Crippen MR) is 92.8 cm³/mol. The summed E-state index contributed by atoms with van der Waals surface area (Å²) in [6.45, 7) is 1.71. The van der Waals surface area contributed by atoms with Crippen LogP contribution in [0, 0.1) is 18.6 Å². The molecule has 0 fully saturated rings. The fourth-order valence-corrected chi connectivity index (χ4v) is 2.54. The Labute approximate surface area is 148 Å². The molecule has 0 saturated heterocycles. The molecule has 0 bridgehead atoms. The number of allylic oxidation sites excluding steroid dienone is 3. The van der Waals surface area contributed by atoms with Crippen LogP contribution in [0.3, 0.4) is 0 Å². The van der Waals surface area contributed by atoms with E-state index in [4.69, 9.17) is 0 Å². The number of hydrogen-bond donors (Lipinski definition) is 0. The molecule has 0 amide bonds. The summed E-state index contributed by atoms with van der Waals surface area (Å²) in [6, 6.07) is 11.7. The van der Waals surface area contributed by atoms with Gasteiger partial charge >= 0.3 is 0 Å². The van der Waals surface area contributed by atoms with E-state index >= 15 is 0 Å². The van der Waals surface area contributed by atoms with E-state index in [9.17, 15) is 13.6 Å². The molecule has 3 aromatic rings. The topological polar surface area (TPSA) is 60.7 Å². The molecule has 7 heteroatoms. The van der Waals surface area contributed by atoms with E-state index < -0.39 is 0 Å². The molecule has 26 heavy (non-hydrogen) atoms. The Morgan fingerprint density at radius 2 is 1.50 bits per heavy atom. The third-order valence-corrected chi connectivity index (χ3v) is 3.71. The first-order valence-corrected chi connectivity index (χ1v) is 7.73. The Morgan fingerprint density at radius 1 is 0.962 bits per heavy atom. The van der Waals surface area contributed by atoms with E-state index in [1.807, 2.05) is 0 Å². The van der Waals surface area contributed by atoms with Gasteiger partial charge in [0.2, 0.25) is 0 Å². The third-order valence-electron chi connectivity index (χ3n) is 3.71. The second-order valence-electron chi connectivity index (χ2n) is 5.41. The van der Waals surface area contributed by atoms with Gasteiger partial charge < -0.3 is 0 Å². The van der Waals surface area contributed by atoms with Crippen molar-refractivity contribution in [2.75, 3.05) is 0 Å². The molecule has 3 rings (SSSR count). The van der Waals surface area contributed by atoms with Gasteiger partial charge in [0.15, 0.2) is 5.82 Å². The summed E-state index contributed by atoms with van der Waals surface area (Å²) < 4.78 is 28.2. The number of benzene rings is 2. The predicted octanol–water partition coefficient (Wildman–Crippen LogP) is 3.43. The molecule has 1 aromatic heterocycles. The summed E-state index contributed by atoms with van der Waals surface area (Å²) in [5.74, 6) is -0.260. The van der Waals surface area contributed by atoms with Crippen LogP contribution in [0.25, 0.3) is 11.3 Å². The summed E-state index contributed by atoms with van der Waals surface area (Å²) >= 11 is 0. The number of aryl methyl sites for hydroxylation is 1. The van der Waals surface area contributed by atoms with Crippen LogP contribution in [0.4, 0.5) is 8.78 Å². The minimum absolute atomic E-state index is 0.379. The van der Waals surface area contributed by atoms with Crippen molar-refractivity contribution in [1.29, 1.82) is 0 Å². The first-order valence-electron chi connectivity index (χ1n) is 7.73. The monoisotopic (exact) mass is 352 g/mol. The van der Waals surface area contributed by atoms with Crippen molar-refractivity contribution in [3.05, 3.63) is 89.3 Å². The number of tetrazole rings is 1. The maximum Gasteiger partial charge on any atom is 0.153 e. The van der Waals surface area contributed by atoms with Crippen LogP contribution in [0.1, 0.15) is 17.0 Å². The van der Waals surface area contributed by atoms with Crippen molar-refractivity contribution >= 4 is 17.6 Å². The molecule has 130 valence electrons. The zero-order chi connectivity index (χ0) is 18.5. The van der Waals surface area contributed by atoms with E-state index in [0.29, 0.717) is 34.5 Å². The number of carbonyl (C=O) groups excluding carboxylic acids is 1. The molecule has 1 heterocycles. The molecule has 0 N–H and O–H groups in total. The first kappa shape index (κ1) is 17.3. The molecule has 0 atom stereocenters. The Bertz CT molecular complexity index is 926. The lowest BCUT2D eigenvalue weighted by atomic mass is 9.95. The Balaban J connectivity index is 2.34. The van der Waals surface area contributed by atoms with Crippen LogP contribution in [-0.4, -0.2) is 26.5 Å². The summed E-state index contributed by atoms with van der Waals surface area (Å²) in [5.41, 5.74) is 2.45. The highest BCUT2D eigenvalue weighted by Crippen LogP contribution is 2.30.